The van der Waals surface area contributed by atoms with E-state index in [0.29, 0.717) is 6.54 Å². The van der Waals surface area contributed by atoms with Crippen molar-refractivity contribution in [2.75, 3.05) is 38.6 Å². The van der Waals surface area contributed by atoms with Crippen molar-refractivity contribution in [2.24, 2.45) is 5.92 Å². The lowest BCUT2D eigenvalue weighted by Crippen LogP contribution is -2.41. The number of likely N-dealkylation sites (N-methyl/N-ethyl adjacent to an activating group) is 1. The van der Waals surface area contributed by atoms with Crippen molar-refractivity contribution >= 4 is 11.6 Å². The van der Waals surface area contributed by atoms with Gasteiger partial charge in [0.15, 0.2) is 0 Å². The van der Waals surface area contributed by atoms with E-state index in [1.807, 2.05) is 31.0 Å². The number of anilines is 1. The van der Waals surface area contributed by atoms with Crippen molar-refractivity contribution in [2.45, 2.75) is 13.5 Å². The minimum absolute atomic E-state index is 0.00135. The smallest absolute Gasteiger partial charge is 0.231 e. The van der Waals surface area contributed by atoms with Crippen LogP contribution in [0.1, 0.15) is 12.5 Å². The monoisotopic (exact) mass is 261 g/mol. The largest absolute Gasteiger partial charge is 0.319 e. The molecule has 4 heteroatoms. The molecule has 1 aliphatic rings. The Morgan fingerprint density at radius 3 is 2.84 bits per heavy atom. The summed E-state index contributed by atoms with van der Waals surface area (Å²) in [5, 5.41) is 3.08. The molecule has 1 atom stereocenters. The molecule has 0 bridgehead atoms. The number of rotatable bonds is 3. The van der Waals surface area contributed by atoms with Crippen LogP contribution >= 0.6 is 0 Å². The number of hydrogen-bond acceptors (Lipinski definition) is 3. The third-order valence-electron chi connectivity index (χ3n) is 3.63. The van der Waals surface area contributed by atoms with E-state index in [2.05, 4.69) is 29.4 Å². The number of para-hydroxylation sites is 1. The summed E-state index contributed by atoms with van der Waals surface area (Å²) in [6.45, 7) is 5.27. The lowest BCUT2D eigenvalue weighted by atomic mass is 10.1. The minimum atomic E-state index is 0.00135. The Labute approximate surface area is 115 Å². The molecular formula is C15H23N3O. The first-order valence-electron chi connectivity index (χ1n) is 6.86. The van der Waals surface area contributed by atoms with Crippen molar-refractivity contribution < 1.29 is 4.79 Å². The Balaban J connectivity index is 2.28. The maximum Gasteiger partial charge on any atom is 0.231 e. The molecule has 0 fully saturated rings. The molecule has 0 saturated carbocycles. The predicted octanol–water partition coefficient (Wildman–Crippen LogP) is 1.32. The number of nitrogens with zero attached hydrogens (tertiary/aromatic N) is 2. The second-order valence-corrected chi connectivity index (χ2v) is 5.32. The molecule has 0 saturated heterocycles. The quantitative estimate of drug-likeness (QED) is 0.891. The van der Waals surface area contributed by atoms with Gasteiger partial charge in [0.1, 0.15) is 0 Å². The van der Waals surface area contributed by atoms with Crippen LogP contribution in [-0.2, 0) is 11.3 Å². The molecule has 1 aliphatic heterocycles. The summed E-state index contributed by atoms with van der Waals surface area (Å²) in [4.78, 5) is 16.8. The molecule has 104 valence electrons. The van der Waals surface area contributed by atoms with Crippen LogP contribution in [0, 0.1) is 5.92 Å². The first-order chi connectivity index (χ1) is 9.13. The summed E-state index contributed by atoms with van der Waals surface area (Å²) in [6.07, 6.45) is 0. The normalized spacial score (nSPS) is 17.7. The fourth-order valence-corrected chi connectivity index (χ4v) is 2.56. The molecule has 0 aromatic heterocycles. The number of carbonyl (C=O) groups is 1. The zero-order chi connectivity index (χ0) is 13.8. The zero-order valence-electron chi connectivity index (χ0n) is 12.0. The molecule has 0 radical (unpaired) electrons. The lowest BCUT2D eigenvalue weighted by molar-refractivity contribution is -0.121. The van der Waals surface area contributed by atoms with Crippen molar-refractivity contribution in [1.82, 2.24) is 10.2 Å². The molecule has 1 heterocycles. The molecule has 1 aromatic carbocycles. The highest BCUT2D eigenvalue weighted by atomic mass is 16.2. The fraction of sp³-hybridized carbons (Fsp3) is 0.533. The Morgan fingerprint density at radius 2 is 2.11 bits per heavy atom. The van der Waals surface area contributed by atoms with Gasteiger partial charge in [-0.15, -0.1) is 0 Å². The van der Waals surface area contributed by atoms with Crippen molar-refractivity contribution in [3.05, 3.63) is 29.8 Å². The summed E-state index contributed by atoms with van der Waals surface area (Å²) in [7, 11) is 3.98. The Morgan fingerprint density at radius 1 is 1.37 bits per heavy atom. The number of carbonyl (C=O) groups excluding carboxylic acids is 1. The third kappa shape index (κ3) is 3.14. The van der Waals surface area contributed by atoms with E-state index < -0.39 is 0 Å². The Kier molecular flexibility index (Phi) is 4.56. The number of fused-ring (bicyclic) bond motifs is 1. The van der Waals surface area contributed by atoms with E-state index >= 15 is 0 Å². The molecule has 1 unspecified atom stereocenters. The first kappa shape index (κ1) is 14.0. The molecule has 0 spiro atoms. The average Bonchev–Trinajstić information content (AvgIpc) is 2.56. The van der Waals surface area contributed by atoms with Crippen LogP contribution in [0.3, 0.4) is 0 Å². The van der Waals surface area contributed by atoms with Gasteiger partial charge in [-0.3, -0.25) is 4.79 Å². The topological polar surface area (TPSA) is 35.6 Å². The van der Waals surface area contributed by atoms with Crippen molar-refractivity contribution in [3.63, 3.8) is 0 Å². The second kappa shape index (κ2) is 6.17. The van der Waals surface area contributed by atoms with E-state index in [0.717, 1.165) is 25.3 Å². The highest BCUT2D eigenvalue weighted by Gasteiger charge is 2.25. The van der Waals surface area contributed by atoms with Gasteiger partial charge >= 0.3 is 0 Å². The third-order valence-corrected chi connectivity index (χ3v) is 3.63. The van der Waals surface area contributed by atoms with E-state index in [1.165, 1.54) is 5.56 Å². The van der Waals surface area contributed by atoms with Crippen LogP contribution in [0.5, 0.6) is 0 Å². The van der Waals surface area contributed by atoms with Crippen molar-refractivity contribution in [1.29, 1.82) is 0 Å². The number of benzene rings is 1. The fourth-order valence-electron chi connectivity index (χ4n) is 2.56. The van der Waals surface area contributed by atoms with Crippen LogP contribution in [-0.4, -0.2) is 44.5 Å². The highest BCUT2D eigenvalue weighted by molar-refractivity contribution is 5.95. The Hall–Kier alpha value is -1.39. The predicted molar refractivity (Wildman–Crippen MR) is 78.2 cm³/mol. The molecule has 1 amide bonds. The lowest BCUT2D eigenvalue weighted by Gasteiger charge is -2.25. The molecule has 2 rings (SSSR count). The average molecular weight is 261 g/mol. The molecule has 4 nitrogen and oxygen atoms in total. The number of amides is 1. The summed E-state index contributed by atoms with van der Waals surface area (Å²) in [6, 6.07) is 8.21. The van der Waals surface area contributed by atoms with Crippen LogP contribution in [0.4, 0.5) is 5.69 Å². The maximum atomic E-state index is 12.6. The van der Waals surface area contributed by atoms with Gasteiger partial charge in [0.25, 0.3) is 0 Å². The van der Waals surface area contributed by atoms with Gasteiger partial charge in [-0.2, -0.15) is 0 Å². The van der Waals surface area contributed by atoms with Crippen LogP contribution in [0.15, 0.2) is 24.3 Å². The van der Waals surface area contributed by atoms with Crippen LogP contribution in [0.2, 0.25) is 0 Å². The Bertz CT molecular complexity index is 447. The van der Waals surface area contributed by atoms with Gasteiger partial charge < -0.3 is 15.1 Å². The van der Waals surface area contributed by atoms with Gasteiger partial charge in [0, 0.05) is 37.8 Å². The van der Waals surface area contributed by atoms with Crippen LogP contribution < -0.4 is 10.2 Å². The summed E-state index contributed by atoms with van der Waals surface area (Å²) in [5.41, 5.74) is 2.30. The summed E-state index contributed by atoms with van der Waals surface area (Å²) >= 11 is 0. The van der Waals surface area contributed by atoms with E-state index in [-0.39, 0.29) is 11.8 Å². The number of hydrogen-bond donors (Lipinski definition) is 1. The van der Waals surface area contributed by atoms with Gasteiger partial charge in [0.05, 0.1) is 0 Å². The van der Waals surface area contributed by atoms with E-state index in [4.69, 9.17) is 0 Å². The highest BCUT2D eigenvalue weighted by Crippen LogP contribution is 2.25. The van der Waals surface area contributed by atoms with Gasteiger partial charge in [-0.25, -0.2) is 0 Å². The SMILES string of the molecule is CNCC(C)C(=O)N1CCN(C)Cc2ccccc21. The van der Waals surface area contributed by atoms with Gasteiger partial charge in [-0.05, 0) is 25.7 Å². The van der Waals surface area contributed by atoms with Crippen molar-refractivity contribution in [3.8, 4) is 0 Å². The van der Waals surface area contributed by atoms with E-state index in [1.54, 1.807) is 0 Å². The first-order valence-corrected chi connectivity index (χ1v) is 6.86. The molecule has 1 aromatic rings. The molecule has 1 N–H and O–H groups in total. The summed E-state index contributed by atoms with van der Waals surface area (Å²) < 4.78 is 0. The minimum Gasteiger partial charge on any atom is -0.319 e. The van der Waals surface area contributed by atoms with E-state index in [9.17, 15) is 4.79 Å². The van der Waals surface area contributed by atoms with Gasteiger partial charge in [0.2, 0.25) is 5.91 Å². The van der Waals surface area contributed by atoms with Gasteiger partial charge in [-0.1, -0.05) is 25.1 Å². The number of nitrogens with one attached hydrogen (secondary N) is 1. The standard InChI is InChI=1S/C15H23N3O/c1-12(10-16-2)15(19)18-9-8-17(3)11-13-6-4-5-7-14(13)18/h4-7,12,16H,8-11H2,1-3H3. The molecule has 0 aliphatic carbocycles. The van der Waals surface area contributed by atoms with Crippen LogP contribution in [0.25, 0.3) is 0 Å². The second-order valence-electron chi connectivity index (χ2n) is 5.32. The molecule has 19 heavy (non-hydrogen) atoms. The maximum absolute atomic E-state index is 12.6. The zero-order valence-corrected chi connectivity index (χ0v) is 12.0. The summed E-state index contributed by atoms with van der Waals surface area (Å²) in [5.74, 6) is 0.207. The molecular weight excluding hydrogens is 238 g/mol.